The Hall–Kier alpha value is -0.110. The molecule has 1 saturated heterocycles. The standard InChI is InChI=1S/C8H16FN/c1-2-7(9)8-5-3-4-6-10-8/h7-8,10H,2-6H2,1H3/t7-,8-/m1/s1. The quantitative estimate of drug-likeness (QED) is 0.625. The van der Waals surface area contributed by atoms with Crippen molar-refractivity contribution in [2.75, 3.05) is 6.54 Å². The van der Waals surface area contributed by atoms with Gasteiger partial charge in [-0.3, -0.25) is 0 Å². The zero-order valence-electron chi connectivity index (χ0n) is 6.57. The zero-order valence-corrected chi connectivity index (χ0v) is 6.57. The van der Waals surface area contributed by atoms with E-state index in [1.807, 2.05) is 6.92 Å². The molecular weight excluding hydrogens is 129 g/mol. The second-order valence-corrected chi connectivity index (χ2v) is 2.98. The van der Waals surface area contributed by atoms with E-state index in [1.54, 1.807) is 0 Å². The smallest absolute Gasteiger partial charge is 0.115 e. The Morgan fingerprint density at radius 1 is 1.60 bits per heavy atom. The number of rotatable bonds is 2. The average molecular weight is 145 g/mol. The summed E-state index contributed by atoms with van der Waals surface area (Å²) in [6.07, 6.45) is 3.46. The molecule has 10 heavy (non-hydrogen) atoms. The molecule has 0 aromatic heterocycles. The summed E-state index contributed by atoms with van der Waals surface area (Å²) < 4.78 is 13.0. The van der Waals surface area contributed by atoms with Gasteiger partial charge in [0.25, 0.3) is 0 Å². The summed E-state index contributed by atoms with van der Waals surface area (Å²) in [5.41, 5.74) is 0. The predicted octanol–water partition coefficient (Wildman–Crippen LogP) is 1.88. The third kappa shape index (κ3) is 1.94. The Balaban J connectivity index is 2.24. The number of piperidine rings is 1. The van der Waals surface area contributed by atoms with E-state index in [0.29, 0.717) is 6.42 Å². The van der Waals surface area contributed by atoms with Crippen LogP contribution < -0.4 is 5.32 Å². The molecule has 0 saturated carbocycles. The highest BCUT2D eigenvalue weighted by atomic mass is 19.1. The van der Waals surface area contributed by atoms with Crippen LogP contribution in [-0.2, 0) is 0 Å². The van der Waals surface area contributed by atoms with E-state index in [1.165, 1.54) is 12.8 Å². The maximum atomic E-state index is 13.0. The molecule has 1 aliphatic heterocycles. The van der Waals surface area contributed by atoms with Crippen LogP contribution in [0.1, 0.15) is 32.6 Å². The number of nitrogens with one attached hydrogen (secondary N) is 1. The van der Waals surface area contributed by atoms with Crippen LogP contribution in [0.5, 0.6) is 0 Å². The second kappa shape index (κ2) is 3.91. The molecule has 0 bridgehead atoms. The van der Waals surface area contributed by atoms with Crippen LogP contribution >= 0.6 is 0 Å². The van der Waals surface area contributed by atoms with Crippen molar-refractivity contribution in [2.24, 2.45) is 0 Å². The Bertz CT molecular complexity index is 89.3. The first-order valence-corrected chi connectivity index (χ1v) is 4.22. The Morgan fingerprint density at radius 3 is 2.90 bits per heavy atom. The minimum atomic E-state index is -0.625. The average Bonchev–Trinajstić information content (AvgIpc) is 2.05. The molecule has 1 nitrogen and oxygen atoms in total. The van der Waals surface area contributed by atoms with Gasteiger partial charge in [0.1, 0.15) is 6.17 Å². The van der Waals surface area contributed by atoms with E-state index in [4.69, 9.17) is 0 Å². The topological polar surface area (TPSA) is 12.0 Å². The fourth-order valence-corrected chi connectivity index (χ4v) is 1.47. The minimum absolute atomic E-state index is 0.152. The maximum Gasteiger partial charge on any atom is 0.115 e. The van der Waals surface area contributed by atoms with E-state index >= 15 is 0 Å². The molecule has 1 aliphatic rings. The lowest BCUT2D eigenvalue weighted by Crippen LogP contribution is -2.40. The first-order valence-electron chi connectivity index (χ1n) is 4.22. The lowest BCUT2D eigenvalue weighted by Gasteiger charge is -2.25. The van der Waals surface area contributed by atoms with E-state index < -0.39 is 6.17 Å². The number of halogens is 1. The Labute approximate surface area is 62.0 Å². The Kier molecular flexibility index (Phi) is 3.13. The van der Waals surface area contributed by atoms with Gasteiger partial charge in [0, 0.05) is 6.04 Å². The van der Waals surface area contributed by atoms with E-state index in [2.05, 4.69) is 5.32 Å². The molecule has 1 fully saturated rings. The van der Waals surface area contributed by atoms with E-state index in [0.717, 1.165) is 13.0 Å². The maximum absolute atomic E-state index is 13.0. The van der Waals surface area contributed by atoms with Crippen LogP contribution in [0, 0.1) is 0 Å². The molecule has 0 amide bonds. The van der Waals surface area contributed by atoms with Crippen LogP contribution in [0.15, 0.2) is 0 Å². The molecule has 0 aromatic carbocycles. The summed E-state index contributed by atoms with van der Waals surface area (Å²) in [6, 6.07) is 0.152. The zero-order chi connectivity index (χ0) is 7.40. The third-order valence-electron chi connectivity index (χ3n) is 2.18. The molecule has 0 radical (unpaired) electrons. The van der Waals surface area contributed by atoms with Crippen molar-refractivity contribution in [2.45, 2.75) is 44.8 Å². The summed E-state index contributed by atoms with van der Waals surface area (Å²) >= 11 is 0. The molecule has 1 rings (SSSR count). The van der Waals surface area contributed by atoms with Crippen molar-refractivity contribution >= 4 is 0 Å². The van der Waals surface area contributed by atoms with Gasteiger partial charge in [-0.25, -0.2) is 4.39 Å². The monoisotopic (exact) mass is 145 g/mol. The number of alkyl halides is 1. The molecule has 1 N–H and O–H groups in total. The second-order valence-electron chi connectivity index (χ2n) is 2.98. The van der Waals surface area contributed by atoms with Gasteiger partial charge in [0.15, 0.2) is 0 Å². The summed E-state index contributed by atoms with van der Waals surface area (Å²) in [4.78, 5) is 0. The van der Waals surface area contributed by atoms with Crippen molar-refractivity contribution in [3.8, 4) is 0 Å². The van der Waals surface area contributed by atoms with Crippen LogP contribution in [0.25, 0.3) is 0 Å². The van der Waals surface area contributed by atoms with Crippen molar-refractivity contribution in [3.05, 3.63) is 0 Å². The van der Waals surface area contributed by atoms with Crippen molar-refractivity contribution in [1.29, 1.82) is 0 Å². The van der Waals surface area contributed by atoms with Gasteiger partial charge >= 0.3 is 0 Å². The number of hydrogen-bond acceptors (Lipinski definition) is 1. The molecule has 0 aromatic rings. The molecule has 0 aliphatic carbocycles. The summed E-state index contributed by atoms with van der Waals surface area (Å²) in [5, 5.41) is 3.19. The fraction of sp³-hybridized carbons (Fsp3) is 1.00. The molecule has 0 spiro atoms. The fourth-order valence-electron chi connectivity index (χ4n) is 1.47. The molecule has 2 heteroatoms. The highest BCUT2D eigenvalue weighted by Crippen LogP contribution is 2.14. The van der Waals surface area contributed by atoms with E-state index in [-0.39, 0.29) is 6.04 Å². The van der Waals surface area contributed by atoms with Gasteiger partial charge in [0.05, 0.1) is 0 Å². The summed E-state index contributed by atoms with van der Waals surface area (Å²) in [6.45, 7) is 2.91. The van der Waals surface area contributed by atoms with Crippen molar-refractivity contribution < 1.29 is 4.39 Å². The van der Waals surface area contributed by atoms with E-state index in [9.17, 15) is 4.39 Å². The Morgan fingerprint density at radius 2 is 2.40 bits per heavy atom. The SMILES string of the molecule is CC[C@@H](F)[C@H]1CCCCN1. The van der Waals surface area contributed by atoms with Crippen molar-refractivity contribution in [1.82, 2.24) is 5.32 Å². The third-order valence-corrected chi connectivity index (χ3v) is 2.18. The summed E-state index contributed by atoms with van der Waals surface area (Å²) in [5.74, 6) is 0. The van der Waals surface area contributed by atoms with Crippen LogP contribution in [-0.4, -0.2) is 18.8 Å². The predicted molar refractivity (Wildman–Crippen MR) is 40.8 cm³/mol. The van der Waals surface area contributed by atoms with Gasteiger partial charge in [-0.15, -0.1) is 0 Å². The van der Waals surface area contributed by atoms with Gasteiger partial charge in [0.2, 0.25) is 0 Å². The highest BCUT2D eigenvalue weighted by molar-refractivity contribution is 4.78. The molecule has 1 heterocycles. The lowest BCUT2D eigenvalue weighted by molar-refractivity contribution is 0.212. The van der Waals surface area contributed by atoms with Gasteiger partial charge in [-0.05, 0) is 25.8 Å². The molecule has 0 unspecified atom stereocenters. The van der Waals surface area contributed by atoms with Crippen LogP contribution in [0.3, 0.4) is 0 Å². The number of hydrogen-bond donors (Lipinski definition) is 1. The summed E-state index contributed by atoms with van der Waals surface area (Å²) in [7, 11) is 0. The molecule has 60 valence electrons. The normalized spacial score (nSPS) is 30.0. The highest BCUT2D eigenvalue weighted by Gasteiger charge is 2.20. The first kappa shape index (κ1) is 7.99. The first-order chi connectivity index (χ1) is 4.84. The molecule has 2 atom stereocenters. The van der Waals surface area contributed by atoms with Crippen molar-refractivity contribution in [3.63, 3.8) is 0 Å². The van der Waals surface area contributed by atoms with Gasteiger partial charge in [-0.1, -0.05) is 13.3 Å². The van der Waals surface area contributed by atoms with Crippen LogP contribution in [0.4, 0.5) is 4.39 Å². The van der Waals surface area contributed by atoms with Crippen LogP contribution in [0.2, 0.25) is 0 Å². The minimum Gasteiger partial charge on any atom is -0.311 e. The lowest BCUT2D eigenvalue weighted by atomic mass is 10.00. The largest absolute Gasteiger partial charge is 0.311 e. The van der Waals surface area contributed by atoms with Gasteiger partial charge < -0.3 is 5.32 Å². The van der Waals surface area contributed by atoms with Gasteiger partial charge in [-0.2, -0.15) is 0 Å². The molecular formula is C8H16FN.